The highest BCUT2D eigenvalue weighted by atomic mass is 35.6. The van der Waals surface area contributed by atoms with Crippen molar-refractivity contribution >= 4 is 70.1 Å². The number of rotatable bonds is 4. The van der Waals surface area contributed by atoms with Crippen LogP contribution in [0.2, 0.25) is 0 Å². The molecule has 0 saturated heterocycles. The molecule has 0 aromatic rings. The van der Waals surface area contributed by atoms with Crippen LogP contribution in [0.15, 0.2) is 10.6 Å². The maximum Gasteiger partial charge on any atom is 0.408 e. The molecule has 0 aromatic carbocycles. The second-order valence-electron chi connectivity index (χ2n) is 2.61. The Labute approximate surface area is 122 Å². The van der Waals surface area contributed by atoms with Gasteiger partial charge in [0.2, 0.25) is 3.79 Å². The third-order valence-corrected chi connectivity index (χ3v) is 1.78. The van der Waals surface area contributed by atoms with Crippen molar-refractivity contribution in [2.24, 2.45) is 0 Å². The fraction of sp³-hybridized carbons (Fsp3) is 0.429. The maximum atomic E-state index is 11.1. The molecule has 0 aliphatic heterocycles. The summed E-state index contributed by atoms with van der Waals surface area (Å²) in [5.41, 5.74) is 0. The summed E-state index contributed by atoms with van der Waals surface area (Å²) < 4.78 is 2.34. The number of carbonyl (C=O) groups excluding carboxylic acids is 1. The molecule has 10 heteroatoms. The minimum atomic E-state index is -1.78. The lowest BCUT2D eigenvalue weighted by atomic mass is 10.3. The molecule has 0 heterocycles. The molecular formula is C7H6Cl5NO4. The monoisotopic (exact) mass is 343 g/mol. The normalized spacial score (nSPS) is 12.5. The standard InChI is InChI=1S/C7H6Cl5NO4/c8-4(9)1-3(5(14)15)13-6(16)17-2-7(10,11)12/h1,3H,2H2,(H,13,16)(H,14,15). The molecule has 1 unspecified atom stereocenters. The summed E-state index contributed by atoms with van der Waals surface area (Å²) in [5.74, 6) is -1.38. The average molecular weight is 345 g/mol. The number of aliphatic carboxylic acids is 1. The fourth-order valence-electron chi connectivity index (χ4n) is 0.617. The predicted molar refractivity (Wildman–Crippen MR) is 66.0 cm³/mol. The average Bonchev–Trinajstić information content (AvgIpc) is 2.11. The summed E-state index contributed by atoms with van der Waals surface area (Å²) in [4.78, 5) is 21.8. The first-order valence-corrected chi connectivity index (χ1v) is 5.76. The van der Waals surface area contributed by atoms with Gasteiger partial charge < -0.3 is 15.2 Å². The number of hydrogen-bond donors (Lipinski definition) is 2. The fourth-order valence-corrected chi connectivity index (χ4v) is 1.03. The molecule has 2 N–H and O–H groups in total. The second kappa shape index (κ2) is 7.38. The van der Waals surface area contributed by atoms with Crippen molar-refractivity contribution in [3.8, 4) is 0 Å². The van der Waals surface area contributed by atoms with Crippen LogP contribution in [0.1, 0.15) is 0 Å². The molecule has 5 nitrogen and oxygen atoms in total. The summed E-state index contributed by atoms with van der Waals surface area (Å²) in [5, 5.41) is 10.6. The van der Waals surface area contributed by atoms with E-state index >= 15 is 0 Å². The van der Waals surface area contributed by atoms with Crippen LogP contribution < -0.4 is 5.32 Å². The third-order valence-electron chi connectivity index (χ3n) is 1.20. The molecule has 98 valence electrons. The van der Waals surface area contributed by atoms with Gasteiger partial charge in [0.1, 0.15) is 11.1 Å². The molecule has 17 heavy (non-hydrogen) atoms. The maximum absolute atomic E-state index is 11.1. The molecule has 0 spiro atoms. The lowest BCUT2D eigenvalue weighted by molar-refractivity contribution is -0.138. The zero-order valence-corrected chi connectivity index (χ0v) is 11.7. The van der Waals surface area contributed by atoms with Crippen LogP contribution in [0.3, 0.4) is 0 Å². The van der Waals surface area contributed by atoms with Gasteiger partial charge in [-0.15, -0.1) is 0 Å². The van der Waals surface area contributed by atoms with E-state index in [0.717, 1.165) is 6.08 Å². The second-order valence-corrected chi connectivity index (χ2v) is 6.13. The van der Waals surface area contributed by atoms with Crippen LogP contribution in [-0.4, -0.2) is 33.6 Å². The number of halogens is 5. The van der Waals surface area contributed by atoms with Crippen LogP contribution in [0.25, 0.3) is 0 Å². The molecule has 0 aliphatic rings. The SMILES string of the molecule is O=C(NC(C=C(Cl)Cl)C(=O)O)OCC(Cl)(Cl)Cl. The molecule has 0 aliphatic carbocycles. The summed E-state index contributed by atoms with van der Waals surface area (Å²) in [6.45, 7) is -0.534. The Hall–Kier alpha value is -0.0700. The van der Waals surface area contributed by atoms with Crippen molar-refractivity contribution < 1.29 is 19.4 Å². The van der Waals surface area contributed by atoms with E-state index < -0.39 is 28.5 Å². The first-order chi connectivity index (χ1) is 7.61. The minimum absolute atomic E-state index is 0.320. The van der Waals surface area contributed by atoms with Gasteiger partial charge in [0.05, 0.1) is 0 Å². The van der Waals surface area contributed by atoms with Crippen molar-refractivity contribution in [3.63, 3.8) is 0 Å². The molecule has 0 saturated carbocycles. The number of carboxylic acids is 1. The van der Waals surface area contributed by atoms with Gasteiger partial charge in [-0.1, -0.05) is 58.0 Å². The Morgan fingerprint density at radius 3 is 2.24 bits per heavy atom. The van der Waals surface area contributed by atoms with Gasteiger partial charge in [0.15, 0.2) is 6.04 Å². The number of carbonyl (C=O) groups is 2. The predicted octanol–water partition coefficient (Wildman–Crippen LogP) is 2.86. The van der Waals surface area contributed by atoms with E-state index in [1.165, 1.54) is 0 Å². The first-order valence-electron chi connectivity index (χ1n) is 3.87. The van der Waals surface area contributed by atoms with E-state index in [0.29, 0.717) is 0 Å². The lowest BCUT2D eigenvalue weighted by Gasteiger charge is -2.14. The van der Waals surface area contributed by atoms with Crippen molar-refractivity contribution in [2.75, 3.05) is 6.61 Å². The van der Waals surface area contributed by atoms with Crippen LogP contribution in [0.4, 0.5) is 4.79 Å². The van der Waals surface area contributed by atoms with Crippen LogP contribution >= 0.6 is 58.0 Å². The molecule has 0 radical (unpaired) electrons. The molecule has 0 aromatic heterocycles. The van der Waals surface area contributed by atoms with E-state index in [4.69, 9.17) is 63.1 Å². The topological polar surface area (TPSA) is 75.6 Å². The summed E-state index contributed by atoms with van der Waals surface area (Å²) >= 11 is 26.5. The van der Waals surface area contributed by atoms with Gasteiger partial charge in [0, 0.05) is 0 Å². The Morgan fingerprint density at radius 1 is 1.35 bits per heavy atom. The van der Waals surface area contributed by atoms with Crippen LogP contribution in [0, 0.1) is 0 Å². The van der Waals surface area contributed by atoms with Gasteiger partial charge >= 0.3 is 12.1 Å². The van der Waals surface area contributed by atoms with Crippen LogP contribution in [0.5, 0.6) is 0 Å². The molecular weight excluding hydrogens is 339 g/mol. The highest BCUT2D eigenvalue weighted by Gasteiger charge is 2.24. The smallest absolute Gasteiger partial charge is 0.408 e. The zero-order valence-electron chi connectivity index (χ0n) is 7.92. The number of carboxylic acid groups (broad SMARTS) is 1. The van der Waals surface area contributed by atoms with Gasteiger partial charge in [-0.2, -0.15) is 0 Å². The molecule has 0 fully saturated rings. The minimum Gasteiger partial charge on any atom is -0.479 e. The largest absolute Gasteiger partial charge is 0.479 e. The molecule has 0 bridgehead atoms. The van der Waals surface area contributed by atoms with Crippen molar-refractivity contribution in [2.45, 2.75) is 9.83 Å². The highest BCUT2D eigenvalue weighted by Crippen LogP contribution is 2.25. The Kier molecular flexibility index (Phi) is 7.35. The molecule has 0 rings (SSSR count). The number of amides is 1. The summed E-state index contributed by atoms with van der Waals surface area (Å²) in [6.07, 6.45) is -0.197. The number of hydrogen-bond acceptors (Lipinski definition) is 3. The molecule has 1 atom stereocenters. The van der Waals surface area contributed by atoms with Gasteiger partial charge in [-0.3, -0.25) is 0 Å². The Bertz CT molecular complexity index is 323. The van der Waals surface area contributed by atoms with Crippen molar-refractivity contribution in [3.05, 3.63) is 10.6 Å². The first kappa shape index (κ1) is 16.9. The Balaban J connectivity index is 4.33. The highest BCUT2D eigenvalue weighted by molar-refractivity contribution is 6.67. The van der Waals surface area contributed by atoms with E-state index in [1.807, 2.05) is 5.32 Å². The third kappa shape index (κ3) is 9.62. The van der Waals surface area contributed by atoms with E-state index in [-0.39, 0.29) is 4.49 Å². The lowest BCUT2D eigenvalue weighted by Crippen LogP contribution is -2.40. The quantitative estimate of drug-likeness (QED) is 0.768. The van der Waals surface area contributed by atoms with Gasteiger partial charge in [-0.25, -0.2) is 9.59 Å². The Morgan fingerprint density at radius 2 is 1.88 bits per heavy atom. The molecule has 1 amide bonds. The summed E-state index contributed by atoms with van der Waals surface area (Å²) in [6, 6.07) is -1.44. The number of alkyl halides is 3. The summed E-state index contributed by atoms with van der Waals surface area (Å²) in [7, 11) is 0. The van der Waals surface area contributed by atoms with Gasteiger partial charge in [0.25, 0.3) is 0 Å². The van der Waals surface area contributed by atoms with E-state index in [1.54, 1.807) is 0 Å². The van der Waals surface area contributed by atoms with E-state index in [9.17, 15) is 9.59 Å². The van der Waals surface area contributed by atoms with Crippen molar-refractivity contribution in [1.29, 1.82) is 0 Å². The van der Waals surface area contributed by atoms with E-state index in [2.05, 4.69) is 4.74 Å². The van der Waals surface area contributed by atoms with Crippen LogP contribution in [-0.2, 0) is 9.53 Å². The van der Waals surface area contributed by atoms with Gasteiger partial charge in [-0.05, 0) is 6.08 Å². The number of nitrogens with one attached hydrogen (secondary N) is 1. The number of ether oxygens (including phenoxy) is 1. The zero-order chi connectivity index (χ0) is 13.6. The van der Waals surface area contributed by atoms with Crippen molar-refractivity contribution in [1.82, 2.24) is 5.32 Å². The number of alkyl carbamates (subject to hydrolysis) is 1.